The van der Waals surface area contributed by atoms with E-state index in [2.05, 4.69) is 71.1 Å². The van der Waals surface area contributed by atoms with Crippen molar-refractivity contribution in [2.75, 3.05) is 0 Å². The lowest BCUT2D eigenvalue weighted by Gasteiger charge is -2.18. The maximum Gasteiger partial charge on any atom is 0.274 e. The fourth-order valence-corrected chi connectivity index (χ4v) is 4.38. The van der Waals surface area contributed by atoms with E-state index >= 15 is 0 Å². The van der Waals surface area contributed by atoms with Gasteiger partial charge in [-0.25, -0.2) is 0 Å². The second-order valence-corrected chi connectivity index (χ2v) is 8.23. The molecule has 0 spiro atoms. The van der Waals surface area contributed by atoms with E-state index in [1.54, 1.807) is 22.7 Å². The fraction of sp³-hybridized carbons (Fsp3) is 0.200. The second-order valence-electron chi connectivity index (χ2n) is 6.31. The summed E-state index contributed by atoms with van der Waals surface area (Å²) >= 11 is 3.38. The Labute approximate surface area is 160 Å². The normalized spacial score (nSPS) is 13.6. The van der Waals surface area contributed by atoms with Crippen LogP contribution in [0.5, 0.6) is 0 Å². The van der Waals surface area contributed by atoms with Gasteiger partial charge in [0.2, 0.25) is 0 Å². The summed E-state index contributed by atoms with van der Waals surface area (Å²) in [6.07, 6.45) is 0. The van der Waals surface area contributed by atoms with Crippen LogP contribution in [-0.4, -0.2) is 10.2 Å². The molecule has 0 unspecified atom stereocenters. The van der Waals surface area contributed by atoms with Crippen LogP contribution in [0.3, 0.4) is 0 Å². The number of rotatable bonds is 6. The fourth-order valence-electron chi connectivity index (χ4n) is 2.90. The van der Waals surface area contributed by atoms with Crippen LogP contribution in [0, 0.1) is 6.92 Å². The third-order valence-corrected chi connectivity index (χ3v) is 6.14. The number of aryl methyl sites for hydroxylation is 1. The molecule has 0 aliphatic heterocycles. The zero-order chi connectivity index (χ0) is 17.9. The molecule has 2 N–H and O–H groups in total. The second kappa shape index (κ2) is 7.53. The summed E-state index contributed by atoms with van der Waals surface area (Å²) in [5, 5.41) is 14.9. The van der Waals surface area contributed by atoms with Gasteiger partial charge in [-0.05, 0) is 36.7 Å². The molecule has 0 aliphatic rings. The standard InChI is InChI=1S/C20H19N3OS2/c1-13-7-9-15(10-8-13)18(16-5-3-11-25-16)21-14(2)19-22-23-20(24-19)17-6-4-12-26-17/h3-12,14,18,21H,1-2H3/p+1/t14-,18+/m1/s1. The van der Waals surface area contributed by atoms with Crippen molar-refractivity contribution in [2.45, 2.75) is 25.9 Å². The molecule has 0 fully saturated rings. The predicted molar refractivity (Wildman–Crippen MR) is 105 cm³/mol. The maximum absolute atomic E-state index is 5.92. The Balaban J connectivity index is 1.58. The summed E-state index contributed by atoms with van der Waals surface area (Å²) in [7, 11) is 0. The molecule has 0 bridgehead atoms. The molecule has 26 heavy (non-hydrogen) atoms. The molecular weight excluding hydrogens is 362 g/mol. The van der Waals surface area contributed by atoms with Gasteiger partial charge in [-0.15, -0.1) is 32.9 Å². The highest BCUT2D eigenvalue weighted by Crippen LogP contribution is 2.26. The van der Waals surface area contributed by atoms with Crippen LogP contribution in [0.25, 0.3) is 10.8 Å². The Hall–Kier alpha value is -2.28. The maximum atomic E-state index is 5.92. The van der Waals surface area contributed by atoms with Gasteiger partial charge in [-0.2, -0.15) is 0 Å². The van der Waals surface area contributed by atoms with E-state index in [-0.39, 0.29) is 12.1 Å². The summed E-state index contributed by atoms with van der Waals surface area (Å²) < 4.78 is 5.92. The summed E-state index contributed by atoms with van der Waals surface area (Å²) in [4.78, 5) is 2.32. The zero-order valence-electron chi connectivity index (χ0n) is 14.6. The molecule has 1 aromatic carbocycles. The molecule has 0 amide bonds. The summed E-state index contributed by atoms with van der Waals surface area (Å²) in [6, 6.07) is 17.3. The molecule has 4 rings (SSSR count). The Morgan fingerprint density at radius 3 is 2.42 bits per heavy atom. The Morgan fingerprint density at radius 1 is 0.962 bits per heavy atom. The molecule has 0 saturated heterocycles. The topological polar surface area (TPSA) is 55.5 Å². The lowest BCUT2D eigenvalue weighted by Crippen LogP contribution is -2.85. The third kappa shape index (κ3) is 3.62. The number of hydrogen-bond donors (Lipinski definition) is 1. The van der Waals surface area contributed by atoms with Crippen molar-refractivity contribution in [3.63, 3.8) is 0 Å². The first kappa shape index (κ1) is 17.1. The smallest absolute Gasteiger partial charge is 0.274 e. The van der Waals surface area contributed by atoms with Crippen LogP contribution >= 0.6 is 22.7 Å². The quantitative estimate of drug-likeness (QED) is 0.531. The summed E-state index contributed by atoms with van der Waals surface area (Å²) in [6.45, 7) is 4.22. The van der Waals surface area contributed by atoms with Crippen molar-refractivity contribution in [1.29, 1.82) is 0 Å². The van der Waals surface area contributed by atoms with E-state index in [4.69, 9.17) is 4.42 Å². The zero-order valence-corrected chi connectivity index (χ0v) is 16.3. The lowest BCUT2D eigenvalue weighted by molar-refractivity contribution is -0.725. The number of quaternary nitrogens is 1. The first-order chi connectivity index (χ1) is 12.7. The highest BCUT2D eigenvalue weighted by Gasteiger charge is 2.26. The molecule has 3 heterocycles. The van der Waals surface area contributed by atoms with Gasteiger partial charge in [0, 0.05) is 5.56 Å². The van der Waals surface area contributed by atoms with Crippen molar-refractivity contribution < 1.29 is 9.73 Å². The van der Waals surface area contributed by atoms with Crippen LogP contribution in [0.4, 0.5) is 0 Å². The molecule has 0 radical (unpaired) electrons. The van der Waals surface area contributed by atoms with E-state index in [0.29, 0.717) is 11.8 Å². The van der Waals surface area contributed by atoms with E-state index < -0.39 is 0 Å². The first-order valence-electron chi connectivity index (χ1n) is 8.53. The minimum Gasteiger partial charge on any atom is -0.414 e. The van der Waals surface area contributed by atoms with Gasteiger partial charge < -0.3 is 9.73 Å². The Morgan fingerprint density at radius 2 is 1.73 bits per heavy atom. The number of aromatic nitrogens is 2. The Bertz CT molecular complexity index is 944. The van der Waals surface area contributed by atoms with Crippen LogP contribution < -0.4 is 5.32 Å². The number of nitrogens with zero attached hydrogens (tertiary/aromatic N) is 2. The molecule has 3 aromatic heterocycles. The van der Waals surface area contributed by atoms with E-state index in [9.17, 15) is 0 Å². The third-order valence-electron chi connectivity index (χ3n) is 4.33. The largest absolute Gasteiger partial charge is 0.414 e. The number of benzene rings is 1. The molecule has 4 nitrogen and oxygen atoms in total. The van der Waals surface area contributed by atoms with Crippen molar-refractivity contribution in [3.05, 3.63) is 81.2 Å². The van der Waals surface area contributed by atoms with Gasteiger partial charge >= 0.3 is 0 Å². The van der Waals surface area contributed by atoms with Crippen LogP contribution in [-0.2, 0) is 0 Å². The summed E-state index contributed by atoms with van der Waals surface area (Å²) in [5.41, 5.74) is 2.55. The van der Waals surface area contributed by atoms with Crippen molar-refractivity contribution in [3.8, 4) is 10.8 Å². The number of nitrogens with two attached hydrogens (primary N) is 1. The van der Waals surface area contributed by atoms with Gasteiger partial charge in [-0.1, -0.05) is 42.0 Å². The van der Waals surface area contributed by atoms with Crippen LogP contribution in [0.1, 0.15) is 40.9 Å². The molecule has 132 valence electrons. The number of hydrogen-bond acceptors (Lipinski definition) is 5. The molecule has 4 aromatic rings. The molecule has 6 heteroatoms. The average Bonchev–Trinajstić information content (AvgIpc) is 3.42. The average molecular weight is 383 g/mol. The van der Waals surface area contributed by atoms with Crippen molar-refractivity contribution >= 4 is 22.7 Å². The monoisotopic (exact) mass is 382 g/mol. The van der Waals surface area contributed by atoms with Crippen LogP contribution in [0.2, 0.25) is 0 Å². The lowest BCUT2D eigenvalue weighted by atomic mass is 10.0. The summed E-state index contributed by atoms with van der Waals surface area (Å²) in [5.74, 6) is 1.25. The molecular formula is C20H20N3OS2+. The van der Waals surface area contributed by atoms with Gasteiger partial charge in [0.15, 0.2) is 6.04 Å². The Kier molecular flexibility index (Phi) is 4.97. The van der Waals surface area contributed by atoms with E-state index in [0.717, 1.165) is 4.88 Å². The predicted octanol–water partition coefficient (Wildman–Crippen LogP) is 4.58. The van der Waals surface area contributed by atoms with Gasteiger partial charge in [0.1, 0.15) is 6.04 Å². The van der Waals surface area contributed by atoms with Gasteiger partial charge in [0.25, 0.3) is 11.8 Å². The first-order valence-corrected chi connectivity index (χ1v) is 10.3. The molecule has 0 aliphatic carbocycles. The van der Waals surface area contributed by atoms with Crippen LogP contribution in [0.15, 0.2) is 63.7 Å². The van der Waals surface area contributed by atoms with E-state index in [1.165, 1.54) is 16.0 Å². The molecule has 0 saturated carbocycles. The van der Waals surface area contributed by atoms with Crippen molar-refractivity contribution in [1.82, 2.24) is 10.2 Å². The minimum atomic E-state index is 0.0598. The highest BCUT2D eigenvalue weighted by atomic mass is 32.1. The molecule has 2 atom stereocenters. The van der Waals surface area contributed by atoms with E-state index in [1.807, 2.05) is 17.5 Å². The van der Waals surface area contributed by atoms with Gasteiger partial charge in [-0.3, -0.25) is 0 Å². The minimum absolute atomic E-state index is 0.0598. The SMILES string of the molecule is Cc1ccc([C@H]([NH2+][C@H](C)c2nnc(-c3cccs3)o2)c2cccs2)cc1. The number of thiophene rings is 2. The van der Waals surface area contributed by atoms with Crippen molar-refractivity contribution in [2.24, 2.45) is 0 Å². The van der Waals surface area contributed by atoms with Gasteiger partial charge in [0.05, 0.1) is 9.75 Å². The highest BCUT2D eigenvalue weighted by molar-refractivity contribution is 7.13.